The van der Waals surface area contributed by atoms with Crippen LogP contribution in [0.25, 0.3) is 0 Å². The second-order valence-electron chi connectivity index (χ2n) is 5.90. The lowest BCUT2D eigenvalue weighted by Crippen LogP contribution is -2.19. The summed E-state index contributed by atoms with van der Waals surface area (Å²) in [5, 5.41) is 10.2. The number of halogens is 1. The Kier molecular flexibility index (Phi) is 4.85. The molecule has 1 unspecified atom stereocenters. The molecular weight excluding hydrogens is 305 g/mol. The van der Waals surface area contributed by atoms with Crippen LogP contribution in [0.4, 0.5) is 4.39 Å². The molecule has 1 aliphatic rings. The summed E-state index contributed by atoms with van der Waals surface area (Å²) in [5.74, 6) is -0.302. The van der Waals surface area contributed by atoms with Crippen molar-refractivity contribution in [3.8, 4) is 0 Å². The summed E-state index contributed by atoms with van der Waals surface area (Å²) in [6.45, 7) is 0.340. The van der Waals surface area contributed by atoms with Crippen molar-refractivity contribution < 1.29 is 14.3 Å². The van der Waals surface area contributed by atoms with E-state index in [-0.39, 0.29) is 28.9 Å². The van der Waals surface area contributed by atoms with Gasteiger partial charge in [0, 0.05) is 19.1 Å². The highest BCUT2D eigenvalue weighted by Crippen LogP contribution is 2.32. The summed E-state index contributed by atoms with van der Waals surface area (Å²) >= 11 is 0. The van der Waals surface area contributed by atoms with Gasteiger partial charge in [-0.2, -0.15) is 0 Å². The van der Waals surface area contributed by atoms with Crippen molar-refractivity contribution in [3.05, 3.63) is 82.9 Å². The molecule has 2 aromatic rings. The van der Waals surface area contributed by atoms with E-state index >= 15 is 0 Å². The first-order chi connectivity index (χ1) is 11.6. The second kappa shape index (κ2) is 7.21. The molecule has 24 heavy (non-hydrogen) atoms. The molecular formula is C20H18FNO2. The molecule has 1 N–H and O–H groups in total. The molecule has 3 nitrogen and oxygen atoms in total. The van der Waals surface area contributed by atoms with Crippen molar-refractivity contribution in [2.45, 2.75) is 25.3 Å². The van der Waals surface area contributed by atoms with Crippen molar-refractivity contribution in [1.29, 1.82) is 0 Å². The average Bonchev–Trinajstić information content (AvgIpc) is 2.59. The largest absolute Gasteiger partial charge is 0.511 e. The lowest BCUT2D eigenvalue weighted by atomic mass is 9.83. The average molecular weight is 323 g/mol. The Hall–Kier alpha value is -2.75. The zero-order valence-corrected chi connectivity index (χ0v) is 13.2. The van der Waals surface area contributed by atoms with E-state index in [4.69, 9.17) is 0 Å². The summed E-state index contributed by atoms with van der Waals surface area (Å²) in [5.41, 5.74) is 2.18. The highest BCUT2D eigenvalue weighted by molar-refractivity contribution is 6.14. The number of carbonyl (C=O) groups excluding carboxylic acids is 1. The third-order valence-corrected chi connectivity index (χ3v) is 4.16. The Labute approximate surface area is 140 Å². The number of carbonyl (C=O) groups is 1. The predicted molar refractivity (Wildman–Crippen MR) is 91.7 cm³/mol. The minimum Gasteiger partial charge on any atom is -0.511 e. The van der Waals surface area contributed by atoms with Gasteiger partial charge in [0.2, 0.25) is 0 Å². The van der Waals surface area contributed by atoms with Gasteiger partial charge in [-0.05, 0) is 29.2 Å². The fraction of sp³-hybridized carbons (Fsp3) is 0.200. The van der Waals surface area contributed by atoms with Crippen LogP contribution in [0.1, 0.15) is 29.9 Å². The van der Waals surface area contributed by atoms with Gasteiger partial charge in [0.05, 0.1) is 12.1 Å². The van der Waals surface area contributed by atoms with E-state index in [0.29, 0.717) is 19.4 Å². The monoisotopic (exact) mass is 323 g/mol. The van der Waals surface area contributed by atoms with Crippen LogP contribution < -0.4 is 0 Å². The van der Waals surface area contributed by atoms with Crippen LogP contribution in [-0.2, 0) is 11.3 Å². The minimum atomic E-state index is -0.294. The maximum atomic E-state index is 12.9. The smallest absolute Gasteiger partial charge is 0.168 e. The topological polar surface area (TPSA) is 49.7 Å². The molecule has 122 valence electrons. The van der Waals surface area contributed by atoms with E-state index in [1.54, 1.807) is 12.1 Å². The Bertz CT molecular complexity index is 779. The molecule has 4 heteroatoms. The molecule has 3 rings (SSSR count). The van der Waals surface area contributed by atoms with E-state index in [0.717, 1.165) is 11.1 Å². The van der Waals surface area contributed by atoms with Gasteiger partial charge in [0.15, 0.2) is 5.78 Å². The molecule has 0 fully saturated rings. The van der Waals surface area contributed by atoms with Gasteiger partial charge in [-0.15, -0.1) is 0 Å². The summed E-state index contributed by atoms with van der Waals surface area (Å²) in [7, 11) is 0. The summed E-state index contributed by atoms with van der Waals surface area (Å²) in [6, 6.07) is 15.8. The highest BCUT2D eigenvalue weighted by atomic mass is 19.1. The quantitative estimate of drug-likeness (QED) is 0.850. The van der Waals surface area contributed by atoms with Gasteiger partial charge in [-0.1, -0.05) is 42.5 Å². The van der Waals surface area contributed by atoms with Crippen LogP contribution in [0.2, 0.25) is 0 Å². The molecule has 0 saturated heterocycles. The summed E-state index contributed by atoms with van der Waals surface area (Å²) in [4.78, 5) is 16.5. The molecule has 0 aromatic heterocycles. The fourth-order valence-corrected chi connectivity index (χ4v) is 2.85. The van der Waals surface area contributed by atoms with Crippen LogP contribution >= 0.6 is 0 Å². The first kappa shape index (κ1) is 16.1. The molecule has 0 spiro atoms. The third-order valence-electron chi connectivity index (χ3n) is 4.16. The predicted octanol–water partition coefficient (Wildman–Crippen LogP) is 4.36. The maximum absolute atomic E-state index is 12.9. The number of allylic oxidation sites excluding steroid dienone is 2. The zero-order chi connectivity index (χ0) is 16.9. The van der Waals surface area contributed by atoms with Gasteiger partial charge in [0.1, 0.15) is 11.6 Å². The van der Waals surface area contributed by atoms with E-state index in [1.165, 1.54) is 18.3 Å². The van der Waals surface area contributed by atoms with Crippen LogP contribution in [0.15, 0.2) is 70.9 Å². The summed E-state index contributed by atoms with van der Waals surface area (Å²) in [6.07, 6.45) is 2.24. The number of aliphatic imine (C=N–C) groups is 1. The number of hydrogen-bond acceptors (Lipinski definition) is 3. The highest BCUT2D eigenvalue weighted by Gasteiger charge is 2.27. The van der Waals surface area contributed by atoms with E-state index < -0.39 is 0 Å². The van der Waals surface area contributed by atoms with Crippen LogP contribution in [-0.4, -0.2) is 17.1 Å². The van der Waals surface area contributed by atoms with Gasteiger partial charge < -0.3 is 5.11 Å². The molecule has 0 aliphatic heterocycles. The number of nitrogens with zero attached hydrogens (tertiary/aromatic N) is 1. The molecule has 0 saturated carbocycles. The number of aliphatic hydroxyl groups is 1. The standard InChI is InChI=1S/C20H18FNO2/c21-17-8-6-14(7-9-17)12-22-13-18-19(23)10-16(11-20(18)24)15-4-2-1-3-5-15/h1-9,13,16,23H,10-12H2. The number of rotatable bonds is 4. The van der Waals surface area contributed by atoms with Gasteiger partial charge in [-0.3, -0.25) is 9.79 Å². The Balaban J connectivity index is 1.70. The molecule has 0 amide bonds. The van der Waals surface area contributed by atoms with Crippen LogP contribution in [0.3, 0.4) is 0 Å². The molecule has 0 heterocycles. The van der Waals surface area contributed by atoms with Crippen molar-refractivity contribution in [2.75, 3.05) is 0 Å². The van der Waals surface area contributed by atoms with Gasteiger partial charge >= 0.3 is 0 Å². The number of benzene rings is 2. The first-order valence-electron chi connectivity index (χ1n) is 7.88. The van der Waals surface area contributed by atoms with Crippen LogP contribution in [0, 0.1) is 5.82 Å². The van der Waals surface area contributed by atoms with E-state index in [1.807, 2.05) is 30.3 Å². The second-order valence-corrected chi connectivity index (χ2v) is 5.90. The van der Waals surface area contributed by atoms with Crippen molar-refractivity contribution in [3.63, 3.8) is 0 Å². The number of hydrogen-bond donors (Lipinski definition) is 1. The minimum absolute atomic E-state index is 0.00736. The normalized spacial score (nSPS) is 18.4. The third kappa shape index (κ3) is 3.77. The van der Waals surface area contributed by atoms with Gasteiger partial charge in [0.25, 0.3) is 0 Å². The van der Waals surface area contributed by atoms with E-state index in [9.17, 15) is 14.3 Å². The van der Waals surface area contributed by atoms with E-state index in [2.05, 4.69) is 4.99 Å². The number of aliphatic hydroxyl groups excluding tert-OH is 1. The molecule has 0 radical (unpaired) electrons. The lowest BCUT2D eigenvalue weighted by molar-refractivity contribution is -0.116. The molecule has 1 aliphatic carbocycles. The summed E-state index contributed by atoms with van der Waals surface area (Å²) < 4.78 is 12.9. The Morgan fingerprint density at radius 3 is 2.46 bits per heavy atom. The molecule has 0 bridgehead atoms. The Morgan fingerprint density at radius 2 is 1.79 bits per heavy atom. The number of Topliss-reactive ketones (excluding diaryl/α,β-unsaturated/α-hetero) is 1. The lowest BCUT2D eigenvalue weighted by Gasteiger charge is -2.22. The van der Waals surface area contributed by atoms with Crippen LogP contribution in [0.5, 0.6) is 0 Å². The van der Waals surface area contributed by atoms with Crippen molar-refractivity contribution >= 4 is 12.0 Å². The zero-order valence-electron chi connectivity index (χ0n) is 13.2. The van der Waals surface area contributed by atoms with Crippen molar-refractivity contribution in [2.24, 2.45) is 4.99 Å². The van der Waals surface area contributed by atoms with Crippen molar-refractivity contribution in [1.82, 2.24) is 0 Å². The first-order valence-corrected chi connectivity index (χ1v) is 7.88. The SMILES string of the molecule is O=C1CC(c2ccccc2)CC(O)=C1C=NCc1ccc(F)cc1. The Morgan fingerprint density at radius 1 is 1.08 bits per heavy atom. The fourth-order valence-electron chi connectivity index (χ4n) is 2.85. The van der Waals surface area contributed by atoms with Gasteiger partial charge in [-0.25, -0.2) is 4.39 Å². The molecule has 1 atom stereocenters. The number of ketones is 1. The maximum Gasteiger partial charge on any atom is 0.168 e. The molecule has 2 aromatic carbocycles.